The van der Waals surface area contributed by atoms with Crippen LogP contribution >= 0.6 is 11.8 Å². The first-order valence-corrected chi connectivity index (χ1v) is 7.28. The lowest BCUT2D eigenvalue weighted by Crippen LogP contribution is -2.46. The second-order valence-corrected chi connectivity index (χ2v) is 6.48. The van der Waals surface area contributed by atoms with Crippen molar-refractivity contribution in [3.63, 3.8) is 0 Å². The Hall–Kier alpha value is -1.20. The van der Waals surface area contributed by atoms with Crippen molar-refractivity contribution in [3.05, 3.63) is 35.1 Å². The molecule has 4 rings (SSSR count). The molecule has 4 aliphatic rings. The van der Waals surface area contributed by atoms with Crippen molar-refractivity contribution in [2.75, 3.05) is 0 Å². The predicted molar refractivity (Wildman–Crippen MR) is 71.4 cm³/mol. The van der Waals surface area contributed by atoms with Gasteiger partial charge in [0.25, 0.3) is 0 Å². The van der Waals surface area contributed by atoms with Gasteiger partial charge in [-0.2, -0.15) is 0 Å². The number of hydrogen-bond donors (Lipinski definition) is 3. The average molecular weight is 261 g/mol. The molecule has 0 aromatic heterocycles. The number of rotatable bonds is 0. The summed E-state index contributed by atoms with van der Waals surface area (Å²) in [5, 5.41) is 4.43. The Bertz CT molecular complexity index is 522. The standard InChI is InChI=1S/C13H15N3OS/c1-6-9-11(15-16-12(9)17)10-7-4-2-3-5-8(7)18-13(10)14-6/h2-4,6,8-9,13-15H,5H2,1H3,(H,16,17). The molecule has 0 aromatic carbocycles. The average Bonchev–Trinajstić information content (AvgIpc) is 2.90. The molecule has 18 heavy (non-hydrogen) atoms. The summed E-state index contributed by atoms with van der Waals surface area (Å²) in [5.41, 5.74) is 9.64. The summed E-state index contributed by atoms with van der Waals surface area (Å²) in [6, 6.07) is 0.185. The van der Waals surface area contributed by atoms with E-state index < -0.39 is 0 Å². The number of fused-ring (bicyclic) bond motifs is 4. The van der Waals surface area contributed by atoms with Gasteiger partial charge in [0.2, 0.25) is 5.91 Å². The van der Waals surface area contributed by atoms with E-state index in [0.29, 0.717) is 10.6 Å². The van der Waals surface area contributed by atoms with Gasteiger partial charge in [-0.15, -0.1) is 11.8 Å². The van der Waals surface area contributed by atoms with Crippen LogP contribution < -0.4 is 16.2 Å². The molecule has 4 nitrogen and oxygen atoms in total. The van der Waals surface area contributed by atoms with Gasteiger partial charge in [-0.3, -0.25) is 15.5 Å². The number of thioether (sulfide) groups is 1. The summed E-state index contributed by atoms with van der Waals surface area (Å²) in [5.74, 6) is 0.0127. The van der Waals surface area contributed by atoms with E-state index in [1.54, 1.807) is 0 Å². The molecule has 1 aliphatic carbocycles. The lowest BCUT2D eigenvalue weighted by atomic mass is 9.85. The first-order chi connectivity index (χ1) is 8.75. The van der Waals surface area contributed by atoms with Gasteiger partial charge in [-0.05, 0) is 18.9 Å². The molecular weight excluding hydrogens is 246 g/mol. The van der Waals surface area contributed by atoms with E-state index in [4.69, 9.17) is 0 Å². The summed E-state index contributed by atoms with van der Waals surface area (Å²) in [6.07, 6.45) is 7.63. The first kappa shape index (κ1) is 10.7. The van der Waals surface area contributed by atoms with Gasteiger partial charge < -0.3 is 5.43 Å². The zero-order chi connectivity index (χ0) is 12.3. The number of allylic oxidation sites excluding steroid dienone is 3. The largest absolute Gasteiger partial charge is 0.301 e. The Morgan fingerprint density at radius 1 is 1.39 bits per heavy atom. The van der Waals surface area contributed by atoms with Crippen LogP contribution in [0.2, 0.25) is 0 Å². The summed E-state index contributed by atoms with van der Waals surface area (Å²) < 4.78 is 0. The maximum Gasteiger partial charge on any atom is 0.249 e. The minimum atomic E-state index is -0.0672. The Morgan fingerprint density at radius 3 is 3.17 bits per heavy atom. The maximum atomic E-state index is 11.9. The topological polar surface area (TPSA) is 53.2 Å². The number of carbonyl (C=O) groups excluding carboxylic acids is 1. The van der Waals surface area contributed by atoms with Gasteiger partial charge in [0.05, 0.1) is 17.0 Å². The summed E-state index contributed by atoms with van der Waals surface area (Å²) in [4.78, 5) is 11.9. The zero-order valence-electron chi connectivity index (χ0n) is 10.1. The molecule has 0 bridgehead atoms. The lowest BCUT2D eigenvalue weighted by molar-refractivity contribution is -0.123. The number of hydrazine groups is 1. The quantitative estimate of drug-likeness (QED) is 0.604. The number of hydrogen-bond acceptors (Lipinski definition) is 4. The fourth-order valence-corrected chi connectivity index (χ4v) is 4.86. The van der Waals surface area contributed by atoms with Crippen molar-refractivity contribution in [2.24, 2.45) is 5.92 Å². The van der Waals surface area contributed by atoms with Crippen molar-refractivity contribution in [2.45, 2.75) is 30.0 Å². The highest BCUT2D eigenvalue weighted by Gasteiger charge is 2.47. The van der Waals surface area contributed by atoms with Gasteiger partial charge in [0.15, 0.2) is 0 Å². The predicted octanol–water partition coefficient (Wildman–Crippen LogP) is 0.811. The highest BCUT2D eigenvalue weighted by atomic mass is 32.2. The molecule has 0 aromatic rings. The molecule has 2 saturated heterocycles. The van der Waals surface area contributed by atoms with Crippen LogP contribution in [0.4, 0.5) is 0 Å². The zero-order valence-corrected chi connectivity index (χ0v) is 10.9. The summed E-state index contributed by atoms with van der Waals surface area (Å²) in [6.45, 7) is 2.09. The second kappa shape index (κ2) is 3.65. The van der Waals surface area contributed by atoms with Crippen LogP contribution in [0.25, 0.3) is 0 Å². The van der Waals surface area contributed by atoms with Crippen LogP contribution in [0.5, 0.6) is 0 Å². The maximum absolute atomic E-state index is 11.9. The van der Waals surface area contributed by atoms with Gasteiger partial charge in [0, 0.05) is 16.9 Å². The van der Waals surface area contributed by atoms with Crippen LogP contribution in [-0.2, 0) is 4.79 Å². The van der Waals surface area contributed by atoms with Gasteiger partial charge in [0.1, 0.15) is 0 Å². The summed E-state index contributed by atoms with van der Waals surface area (Å²) >= 11 is 1.96. The lowest BCUT2D eigenvalue weighted by Gasteiger charge is -2.30. The second-order valence-electron chi connectivity index (χ2n) is 5.17. The van der Waals surface area contributed by atoms with Crippen LogP contribution in [0.1, 0.15) is 13.3 Å². The number of nitrogens with one attached hydrogen (secondary N) is 3. The Balaban J connectivity index is 1.87. The molecule has 3 N–H and O–H groups in total. The van der Waals surface area contributed by atoms with E-state index in [1.165, 1.54) is 11.1 Å². The van der Waals surface area contributed by atoms with Crippen LogP contribution in [0, 0.1) is 5.92 Å². The third-order valence-electron chi connectivity index (χ3n) is 4.10. The van der Waals surface area contributed by atoms with Crippen LogP contribution in [-0.4, -0.2) is 22.6 Å². The molecule has 5 heteroatoms. The molecule has 3 heterocycles. The van der Waals surface area contributed by atoms with E-state index in [9.17, 15) is 4.79 Å². The third-order valence-corrected chi connectivity index (χ3v) is 5.52. The number of carbonyl (C=O) groups is 1. The van der Waals surface area contributed by atoms with Crippen molar-refractivity contribution in [1.29, 1.82) is 0 Å². The smallest absolute Gasteiger partial charge is 0.249 e. The molecule has 4 atom stereocenters. The normalized spacial score (nSPS) is 40.7. The molecule has 0 radical (unpaired) electrons. The molecule has 2 fully saturated rings. The third kappa shape index (κ3) is 1.29. The Labute approximate surface area is 110 Å². The van der Waals surface area contributed by atoms with Crippen LogP contribution in [0.15, 0.2) is 35.1 Å². The highest BCUT2D eigenvalue weighted by molar-refractivity contribution is 8.01. The van der Waals surface area contributed by atoms with Gasteiger partial charge in [-0.1, -0.05) is 18.2 Å². The molecule has 3 aliphatic heterocycles. The van der Waals surface area contributed by atoms with Crippen molar-refractivity contribution in [1.82, 2.24) is 16.2 Å². The van der Waals surface area contributed by atoms with Gasteiger partial charge in [-0.25, -0.2) is 0 Å². The monoisotopic (exact) mass is 261 g/mol. The van der Waals surface area contributed by atoms with Crippen LogP contribution in [0.3, 0.4) is 0 Å². The minimum Gasteiger partial charge on any atom is -0.301 e. The van der Waals surface area contributed by atoms with Crippen molar-refractivity contribution in [3.8, 4) is 0 Å². The Morgan fingerprint density at radius 2 is 2.28 bits per heavy atom. The van der Waals surface area contributed by atoms with E-state index in [2.05, 4.69) is 41.3 Å². The molecule has 94 valence electrons. The van der Waals surface area contributed by atoms with Crippen molar-refractivity contribution < 1.29 is 4.79 Å². The van der Waals surface area contributed by atoms with E-state index in [1.807, 2.05) is 11.8 Å². The number of amides is 1. The first-order valence-electron chi connectivity index (χ1n) is 6.34. The summed E-state index contributed by atoms with van der Waals surface area (Å²) in [7, 11) is 0. The molecule has 0 saturated carbocycles. The van der Waals surface area contributed by atoms with E-state index in [0.717, 1.165) is 12.1 Å². The fraction of sp³-hybridized carbons (Fsp3) is 0.462. The fourth-order valence-electron chi connectivity index (χ4n) is 3.27. The molecule has 4 unspecified atom stereocenters. The van der Waals surface area contributed by atoms with E-state index >= 15 is 0 Å². The van der Waals surface area contributed by atoms with Gasteiger partial charge >= 0.3 is 0 Å². The Kier molecular flexibility index (Phi) is 2.17. The van der Waals surface area contributed by atoms with E-state index in [-0.39, 0.29) is 17.9 Å². The molecular formula is C13H15N3OS. The molecule has 1 amide bonds. The molecule has 0 spiro atoms. The minimum absolute atomic E-state index is 0.0672. The SMILES string of the molecule is CC1NC2SC3CC=CC=C3C2=C2NNC(=O)C21. The highest BCUT2D eigenvalue weighted by Crippen LogP contribution is 2.49. The van der Waals surface area contributed by atoms with Crippen molar-refractivity contribution >= 4 is 17.7 Å².